The lowest BCUT2D eigenvalue weighted by molar-refractivity contribution is 0.187. The van der Waals surface area contributed by atoms with Gasteiger partial charge in [-0.05, 0) is 31.0 Å². The van der Waals surface area contributed by atoms with E-state index < -0.39 is 6.10 Å². The molecule has 3 N–H and O–H groups in total. The number of aliphatic imine (C=N–C) groups is 1. The van der Waals surface area contributed by atoms with Crippen molar-refractivity contribution in [1.82, 2.24) is 25.4 Å². The molecule has 2 heterocycles. The van der Waals surface area contributed by atoms with Crippen molar-refractivity contribution in [3.05, 3.63) is 41.5 Å². The lowest BCUT2D eigenvalue weighted by Crippen LogP contribution is -2.47. The van der Waals surface area contributed by atoms with Crippen LogP contribution in [0.25, 0.3) is 0 Å². The Kier molecular flexibility index (Phi) is 9.35. The number of benzene rings is 1. The van der Waals surface area contributed by atoms with Gasteiger partial charge in [0.15, 0.2) is 11.8 Å². The second kappa shape index (κ2) is 11.5. The number of aromatic nitrogens is 3. The molecular weight excluding hydrogens is 495 g/mol. The maximum absolute atomic E-state index is 10.5. The van der Waals surface area contributed by atoms with Crippen molar-refractivity contribution in [2.45, 2.75) is 58.2 Å². The van der Waals surface area contributed by atoms with Crippen molar-refractivity contribution in [1.29, 1.82) is 0 Å². The smallest absolute Gasteiger partial charge is 0.191 e. The highest BCUT2D eigenvalue weighted by atomic mass is 127. The highest BCUT2D eigenvalue weighted by Crippen LogP contribution is 2.19. The van der Waals surface area contributed by atoms with Crippen LogP contribution in [0.4, 0.5) is 0 Å². The molecule has 0 bridgehead atoms. The molecule has 1 aliphatic rings. The summed E-state index contributed by atoms with van der Waals surface area (Å²) in [5.74, 6) is 3.77. The van der Waals surface area contributed by atoms with Gasteiger partial charge in [0.25, 0.3) is 0 Å². The van der Waals surface area contributed by atoms with E-state index in [9.17, 15) is 5.11 Å². The van der Waals surface area contributed by atoms with E-state index in [4.69, 9.17) is 4.74 Å². The Bertz CT molecular complexity index is 821. The van der Waals surface area contributed by atoms with Gasteiger partial charge in [-0.2, -0.15) is 5.10 Å². The van der Waals surface area contributed by atoms with E-state index in [1.54, 1.807) is 7.11 Å². The van der Waals surface area contributed by atoms with Crippen molar-refractivity contribution < 1.29 is 9.84 Å². The van der Waals surface area contributed by atoms with Crippen molar-refractivity contribution in [3.8, 4) is 5.75 Å². The number of nitrogens with zero attached hydrogens (tertiary/aromatic N) is 4. The number of fused-ring (bicyclic) bond motifs is 1. The average molecular weight is 528 g/mol. The van der Waals surface area contributed by atoms with Crippen LogP contribution in [0.1, 0.15) is 56.4 Å². The first-order chi connectivity index (χ1) is 14.0. The number of halogens is 1. The Morgan fingerprint density at radius 2 is 2.07 bits per heavy atom. The van der Waals surface area contributed by atoms with Crippen molar-refractivity contribution in [3.63, 3.8) is 0 Å². The summed E-state index contributed by atoms with van der Waals surface area (Å²) >= 11 is 0. The van der Waals surface area contributed by atoms with E-state index in [0.717, 1.165) is 48.9 Å². The van der Waals surface area contributed by atoms with Gasteiger partial charge in [-0.1, -0.05) is 26.0 Å². The number of hydrogen-bond donors (Lipinski definition) is 3. The summed E-state index contributed by atoms with van der Waals surface area (Å²) in [5.41, 5.74) is 0.816. The normalized spacial score (nSPS) is 17.1. The molecule has 0 radical (unpaired) electrons. The van der Waals surface area contributed by atoms with Crippen molar-refractivity contribution >= 4 is 29.9 Å². The number of guanidine groups is 1. The Morgan fingerprint density at radius 3 is 2.70 bits per heavy atom. The third-order valence-corrected chi connectivity index (χ3v) is 5.00. The van der Waals surface area contributed by atoms with Crippen LogP contribution in [0, 0.1) is 0 Å². The summed E-state index contributed by atoms with van der Waals surface area (Å²) in [5, 5.41) is 21.8. The second-order valence-electron chi connectivity index (χ2n) is 7.61. The molecule has 9 heteroatoms. The average Bonchev–Trinajstić information content (AvgIpc) is 3.16. The van der Waals surface area contributed by atoms with Gasteiger partial charge in [-0.15, -0.1) is 24.0 Å². The SMILES string of the molecule is CCNC(=NCC(O)c1ccc(OC)cc1)NC1CCc2nc(C(C)C)nn2C1.I. The number of aliphatic hydroxyl groups excluding tert-OH is 1. The molecule has 166 valence electrons. The van der Waals surface area contributed by atoms with E-state index in [0.29, 0.717) is 11.9 Å². The van der Waals surface area contributed by atoms with Crippen molar-refractivity contribution in [2.24, 2.45) is 4.99 Å². The minimum atomic E-state index is -0.668. The van der Waals surface area contributed by atoms with Crippen LogP contribution in [0.15, 0.2) is 29.3 Å². The fourth-order valence-electron chi connectivity index (χ4n) is 3.31. The van der Waals surface area contributed by atoms with Crippen LogP contribution in [0.3, 0.4) is 0 Å². The van der Waals surface area contributed by atoms with Gasteiger partial charge in [-0.3, -0.25) is 4.99 Å². The van der Waals surface area contributed by atoms with E-state index in [2.05, 4.69) is 39.6 Å². The maximum atomic E-state index is 10.5. The third-order valence-electron chi connectivity index (χ3n) is 5.00. The molecule has 8 nitrogen and oxygen atoms in total. The van der Waals surface area contributed by atoms with E-state index in [1.165, 1.54) is 0 Å². The summed E-state index contributed by atoms with van der Waals surface area (Å²) in [4.78, 5) is 9.23. The Balaban J connectivity index is 0.00000320. The van der Waals surface area contributed by atoms with E-state index >= 15 is 0 Å². The minimum absolute atomic E-state index is 0. The molecule has 1 aromatic heterocycles. The molecule has 2 atom stereocenters. The second-order valence-corrected chi connectivity index (χ2v) is 7.61. The number of rotatable bonds is 7. The van der Waals surface area contributed by atoms with Crippen LogP contribution in [-0.4, -0.2) is 52.1 Å². The Hall–Kier alpha value is -1.88. The van der Waals surface area contributed by atoms with Gasteiger partial charge >= 0.3 is 0 Å². The predicted octanol–water partition coefficient (Wildman–Crippen LogP) is 2.63. The van der Waals surface area contributed by atoms with Gasteiger partial charge < -0.3 is 20.5 Å². The zero-order chi connectivity index (χ0) is 20.8. The molecule has 1 aliphatic heterocycles. The van der Waals surface area contributed by atoms with Crippen LogP contribution in [0.2, 0.25) is 0 Å². The highest BCUT2D eigenvalue weighted by molar-refractivity contribution is 14.0. The fraction of sp³-hybridized carbons (Fsp3) is 0.571. The molecule has 0 spiro atoms. The molecular formula is C21H33IN6O2. The van der Waals surface area contributed by atoms with Crippen molar-refractivity contribution in [2.75, 3.05) is 20.2 Å². The lowest BCUT2D eigenvalue weighted by Gasteiger charge is -2.25. The first-order valence-corrected chi connectivity index (χ1v) is 10.3. The monoisotopic (exact) mass is 528 g/mol. The standard InChI is InChI=1S/C21H32N6O2.HI/c1-5-22-21(23-12-18(28)15-6-9-17(29-4)10-7-15)24-16-8-11-19-25-20(14(2)3)26-27(19)13-16;/h6-7,9-10,14,16,18,28H,5,8,11-13H2,1-4H3,(H2,22,23,24);1H. The molecule has 3 rings (SSSR count). The van der Waals surface area contributed by atoms with Gasteiger partial charge in [0.1, 0.15) is 11.6 Å². The van der Waals surface area contributed by atoms with Gasteiger partial charge in [0.2, 0.25) is 0 Å². The van der Waals surface area contributed by atoms with Gasteiger partial charge in [-0.25, -0.2) is 9.67 Å². The number of ether oxygens (including phenoxy) is 1. The van der Waals surface area contributed by atoms with Gasteiger partial charge in [0, 0.05) is 24.9 Å². The Labute approximate surface area is 195 Å². The topological polar surface area (TPSA) is 96.6 Å². The molecule has 2 unspecified atom stereocenters. The summed E-state index contributed by atoms with van der Waals surface area (Å²) in [6.45, 7) is 8.05. The van der Waals surface area contributed by atoms with Crippen LogP contribution in [-0.2, 0) is 13.0 Å². The first-order valence-electron chi connectivity index (χ1n) is 10.3. The molecule has 0 saturated carbocycles. The largest absolute Gasteiger partial charge is 0.497 e. The molecule has 1 aromatic carbocycles. The molecule has 30 heavy (non-hydrogen) atoms. The van der Waals surface area contributed by atoms with Crippen LogP contribution < -0.4 is 15.4 Å². The zero-order valence-corrected chi connectivity index (χ0v) is 20.5. The first kappa shape index (κ1) is 24.4. The number of hydrogen-bond acceptors (Lipinski definition) is 5. The summed E-state index contributed by atoms with van der Waals surface area (Å²) in [7, 11) is 1.63. The van der Waals surface area contributed by atoms with Crippen LogP contribution in [0.5, 0.6) is 5.75 Å². The van der Waals surface area contributed by atoms with E-state index in [-0.39, 0.29) is 36.6 Å². The zero-order valence-electron chi connectivity index (χ0n) is 18.1. The molecule has 0 fully saturated rings. The Morgan fingerprint density at radius 1 is 1.33 bits per heavy atom. The molecule has 0 aliphatic carbocycles. The third kappa shape index (κ3) is 6.31. The summed E-state index contributed by atoms with van der Waals surface area (Å²) < 4.78 is 7.17. The number of aliphatic hydroxyl groups is 1. The highest BCUT2D eigenvalue weighted by Gasteiger charge is 2.23. The van der Waals surface area contributed by atoms with E-state index in [1.807, 2.05) is 35.9 Å². The maximum Gasteiger partial charge on any atom is 0.191 e. The fourth-order valence-corrected chi connectivity index (χ4v) is 3.31. The van der Waals surface area contributed by atoms with Crippen LogP contribution >= 0.6 is 24.0 Å². The molecule has 0 amide bonds. The summed E-state index contributed by atoms with van der Waals surface area (Å²) in [6, 6.07) is 7.63. The number of aryl methyl sites for hydroxylation is 1. The number of nitrogens with one attached hydrogen (secondary N) is 2. The molecule has 0 saturated heterocycles. The summed E-state index contributed by atoms with van der Waals surface area (Å²) in [6.07, 6.45) is 1.20. The van der Waals surface area contributed by atoms with Gasteiger partial charge in [0.05, 0.1) is 26.3 Å². The lowest BCUT2D eigenvalue weighted by atomic mass is 10.1. The number of methoxy groups -OCH3 is 1. The quantitative estimate of drug-likeness (QED) is 0.291. The predicted molar refractivity (Wildman–Crippen MR) is 129 cm³/mol. The molecule has 2 aromatic rings. The minimum Gasteiger partial charge on any atom is -0.497 e.